The topological polar surface area (TPSA) is 34.0 Å². The van der Waals surface area contributed by atoms with E-state index in [1.807, 2.05) is 13.2 Å². The molecule has 1 aromatic rings. The van der Waals surface area contributed by atoms with Crippen LogP contribution in [0.5, 0.6) is 0 Å². The summed E-state index contributed by atoms with van der Waals surface area (Å²) in [6.45, 7) is 5.26. The maximum Gasteiger partial charge on any atom is 0.0966 e. The van der Waals surface area contributed by atoms with E-state index in [1.54, 1.807) is 4.68 Å². The number of aryl methyl sites for hydroxylation is 1. The van der Waals surface area contributed by atoms with E-state index in [0.29, 0.717) is 11.3 Å². The molecule has 0 spiro atoms. The number of hydrogen-bond donors (Lipinski definition) is 0. The Balaban J connectivity index is 1.81. The molecule has 0 aliphatic carbocycles. The number of halogens is 1. The van der Waals surface area contributed by atoms with Crippen molar-refractivity contribution >= 4 is 11.6 Å². The zero-order valence-corrected chi connectivity index (χ0v) is 10.7. The molecule has 1 saturated heterocycles. The van der Waals surface area contributed by atoms with E-state index in [9.17, 15) is 0 Å². The van der Waals surface area contributed by atoms with E-state index < -0.39 is 0 Å². The number of nitrogens with zero attached hydrogens (tertiary/aromatic N) is 4. The van der Waals surface area contributed by atoms with Gasteiger partial charge < -0.3 is 0 Å². The van der Waals surface area contributed by atoms with Crippen LogP contribution in [0, 0.1) is 5.92 Å². The fourth-order valence-corrected chi connectivity index (χ4v) is 2.52. The van der Waals surface area contributed by atoms with Crippen LogP contribution >= 0.6 is 11.6 Å². The molecule has 2 heterocycles. The van der Waals surface area contributed by atoms with E-state index in [-0.39, 0.29) is 0 Å². The normalized spacial score (nSPS) is 21.2. The first-order chi connectivity index (χ1) is 7.65. The molecule has 1 aromatic heterocycles. The first-order valence-corrected chi connectivity index (χ1v) is 6.30. The van der Waals surface area contributed by atoms with Crippen LogP contribution in [0.4, 0.5) is 0 Å². The van der Waals surface area contributed by atoms with Crippen molar-refractivity contribution in [1.82, 2.24) is 19.9 Å². The van der Waals surface area contributed by atoms with E-state index >= 15 is 0 Å². The van der Waals surface area contributed by atoms with E-state index in [2.05, 4.69) is 22.1 Å². The minimum Gasteiger partial charge on any atom is -0.297 e. The number of hydrogen-bond acceptors (Lipinski definition) is 3. The Kier molecular flexibility index (Phi) is 3.82. The van der Waals surface area contributed by atoms with Crippen LogP contribution < -0.4 is 0 Å². The van der Waals surface area contributed by atoms with Gasteiger partial charge in [-0.15, -0.1) is 16.7 Å². The molecule has 0 N–H and O–H groups in total. The molecule has 2 rings (SSSR count). The third-order valence-corrected chi connectivity index (χ3v) is 3.67. The van der Waals surface area contributed by atoms with Crippen molar-refractivity contribution in [2.45, 2.75) is 31.7 Å². The van der Waals surface area contributed by atoms with Crippen molar-refractivity contribution in [3.05, 3.63) is 11.9 Å². The monoisotopic (exact) mass is 242 g/mol. The lowest BCUT2D eigenvalue weighted by Gasteiger charge is -2.32. The third kappa shape index (κ3) is 2.95. The highest BCUT2D eigenvalue weighted by Gasteiger charge is 2.22. The Morgan fingerprint density at radius 2 is 2.19 bits per heavy atom. The summed E-state index contributed by atoms with van der Waals surface area (Å²) in [5.41, 5.74) is 1.06. The first kappa shape index (κ1) is 11.9. The van der Waals surface area contributed by atoms with Gasteiger partial charge >= 0.3 is 0 Å². The minimum atomic E-state index is 0.304. The van der Waals surface area contributed by atoms with Gasteiger partial charge in [-0.1, -0.05) is 5.21 Å². The van der Waals surface area contributed by atoms with Gasteiger partial charge in [-0.05, 0) is 38.8 Å². The molecule has 0 radical (unpaired) electrons. The molecule has 4 nitrogen and oxygen atoms in total. The van der Waals surface area contributed by atoms with Crippen molar-refractivity contribution in [1.29, 1.82) is 0 Å². The quantitative estimate of drug-likeness (QED) is 0.756. The fourth-order valence-electron chi connectivity index (χ4n) is 2.27. The number of rotatable bonds is 3. The predicted octanol–water partition coefficient (Wildman–Crippen LogP) is 1.65. The number of likely N-dealkylation sites (tertiary alicyclic amines) is 1. The van der Waals surface area contributed by atoms with E-state index in [4.69, 9.17) is 11.6 Å². The SMILES string of the molecule is CC(Cl)C1CCN(Cc2cn(C)nn2)CC1. The van der Waals surface area contributed by atoms with Crippen LogP contribution in [0.1, 0.15) is 25.5 Å². The molecule has 16 heavy (non-hydrogen) atoms. The van der Waals surface area contributed by atoms with Gasteiger partial charge in [-0.2, -0.15) is 0 Å². The summed E-state index contributed by atoms with van der Waals surface area (Å²) in [5, 5.41) is 8.36. The number of piperidine rings is 1. The smallest absolute Gasteiger partial charge is 0.0966 e. The highest BCUT2D eigenvalue weighted by atomic mass is 35.5. The zero-order valence-electron chi connectivity index (χ0n) is 9.93. The second kappa shape index (κ2) is 5.15. The lowest BCUT2D eigenvalue weighted by molar-refractivity contribution is 0.175. The standard InChI is InChI=1S/C11H19ClN4/c1-9(12)10-3-5-16(6-4-10)8-11-7-15(2)14-13-11/h7,9-10H,3-6,8H2,1-2H3. The van der Waals surface area contributed by atoms with Gasteiger partial charge in [0.05, 0.1) is 5.69 Å². The van der Waals surface area contributed by atoms with Crippen molar-refractivity contribution in [2.75, 3.05) is 13.1 Å². The average molecular weight is 243 g/mol. The van der Waals surface area contributed by atoms with Crippen molar-refractivity contribution < 1.29 is 0 Å². The molecule has 0 bridgehead atoms. The van der Waals surface area contributed by atoms with Crippen LogP contribution in [0.15, 0.2) is 6.20 Å². The van der Waals surface area contributed by atoms with Gasteiger partial charge in [0.15, 0.2) is 0 Å². The molecule has 5 heteroatoms. The summed E-state index contributed by atoms with van der Waals surface area (Å²) in [4.78, 5) is 2.43. The van der Waals surface area contributed by atoms with Gasteiger partial charge in [-0.3, -0.25) is 9.58 Å². The molecule has 1 aliphatic heterocycles. The Morgan fingerprint density at radius 1 is 1.50 bits per heavy atom. The maximum atomic E-state index is 6.12. The highest BCUT2D eigenvalue weighted by molar-refractivity contribution is 6.20. The van der Waals surface area contributed by atoms with Crippen LogP contribution in [0.2, 0.25) is 0 Å². The van der Waals surface area contributed by atoms with Crippen LogP contribution in [-0.4, -0.2) is 38.4 Å². The Bertz CT molecular complexity index is 328. The summed E-state index contributed by atoms with van der Waals surface area (Å²) in [7, 11) is 1.90. The summed E-state index contributed by atoms with van der Waals surface area (Å²) in [6, 6.07) is 0. The highest BCUT2D eigenvalue weighted by Crippen LogP contribution is 2.24. The van der Waals surface area contributed by atoms with Gasteiger partial charge in [0.1, 0.15) is 0 Å². The largest absolute Gasteiger partial charge is 0.297 e. The van der Waals surface area contributed by atoms with Crippen molar-refractivity contribution in [3.63, 3.8) is 0 Å². The fraction of sp³-hybridized carbons (Fsp3) is 0.818. The second-order valence-electron chi connectivity index (χ2n) is 4.67. The molecular weight excluding hydrogens is 224 g/mol. The van der Waals surface area contributed by atoms with Gasteiger partial charge in [0.2, 0.25) is 0 Å². The summed E-state index contributed by atoms with van der Waals surface area (Å²) in [6.07, 6.45) is 4.38. The van der Waals surface area contributed by atoms with Gasteiger partial charge in [0.25, 0.3) is 0 Å². The Morgan fingerprint density at radius 3 is 2.69 bits per heavy atom. The Labute approximate surface area is 102 Å². The number of aromatic nitrogens is 3. The maximum absolute atomic E-state index is 6.12. The molecule has 0 saturated carbocycles. The van der Waals surface area contributed by atoms with Gasteiger partial charge in [-0.25, -0.2) is 0 Å². The van der Waals surface area contributed by atoms with Crippen LogP contribution in [0.3, 0.4) is 0 Å². The summed E-state index contributed by atoms with van der Waals surface area (Å²) < 4.78 is 1.75. The first-order valence-electron chi connectivity index (χ1n) is 5.87. The predicted molar refractivity (Wildman–Crippen MR) is 64.3 cm³/mol. The minimum absolute atomic E-state index is 0.304. The molecule has 0 amide bonds. The van der Waals surface area contributed by atoms with Crippen LogP contribution in [0.25, 0.3) is 0 Å². The van der Waals surface area contributed by atoms with Crippen molar-refractivity contribution in [2.24, 2.45) is 13.0 Å². The zero-order chi connectivity index (χ0) is 11.5. The van der Waals surface area contributed by atoms with Crippen molar-refractivity contribution in [3.8, 4) is 0 Å². The van der Waals surface area contributed by atoms with E-state index in [0.717, 1.165) is 25.3 Å². The second-order valence-corrected chi connectivity index (χ2v) is 5.36. The summed E-state index contributed by atoms with van der Waals surface area (Å²) >= 11 is 6.12. The van der Waals surface area contributed by atoms with E-state index in [1.165, 1.54) is 12.8 Å². The lowest BCUT2D eigenvalue weighted by atomic mass is 9.94. The van der Waals surface area contributed by atoms with Crippen LogP contribution in [-0.2, 0) is 13.6 Å². The average Bonchev–Trinajstić information content (AvgIpc) is 2.65. The molecule has 1 aliphatic rings. The molecule has 1 atom stereocenters. The third-order valence-electron chi connectivity index (χ3n) is 3.32. The Hall–Kier alpha value is -0.610. The summed E-state index contributed by atoms with van der Waals surface area (Å²) in [5.74, 6) is 0.680. The molecular formula is C11H19ClN4. The molecule has 90 valence electrons. The molecule has 1 fully saturated rings. The molecule has 1 unspecified atom stereocenters. The lowest BCUT2D eigenvalue weighted by Crippen LogP contribution is -2.35. The number of alkyl halides is 1. The van der Waals surface area contributed by atoms with Gasteiger partial charge in [0, 0.05) is 25.2 Å². The molecule has 0 aromatic carbocycles.